The molecule has 2 atom stereocenters. The third kappa shape index (κ3) is 2.85. The summed E-state index contributed by atoms with van der Waals surface area (Å²) in [7, 11) is -3.05. The van der Waals surface area contributed by atoms with Crippen LogP contribution in [0.1, 0.15) is 16.9 Å². The molecule has 1 aromatic heterocycles. The Morgan fingerprint density at radius 3 is 2.88 bits per heavy atom. The lowest BCUT2D eigenvalue weighted by atomic mass is 10.1. The molecule has 5 nitrogen and oxygen atoms in total. The molecule has 0 aliphatic carbocycles. The van der Waals surface area contributed by atoms with Gasteiger partial charge in [0.05, 0.1) is 17.5 Å². The van der Waals surface area contributed by atoms with Gasteiger partial charge in [0, 0.05) is 34.9 Å². The fourth-order valence-corrected chi connectivity index (χ4v) is 6.74. The Morgan fingerprint density at radius 2 is 2.08 bits per heavy atom. The quantitative estimate of drug-likeness (QED) is 0.818. The number of aromatic nitrogens is 1. The third-order valence-electron chi connectivity index (χ3n) is 4.54. The number of hydrogen-bond donors (Lipinski definition) is 0. The zero-order chi connectivity index (χ0) is 16.9. The molecule has 2 fully saturated rings. The highest BCUT2D eigenvalue weighted by Gasteiger charge is 2.50. The van der Waals surface area contributed by atoms with E-state index in [9.17, 15) is 13.2 Å². The summed E-state index contributed by atoms with van der Waals surface area (Å²) < 4.78 is 23.7. The molecule has 0 saturated carbocycles. The number of amides is 1. The van der Waals surface area contributed by atoms with Crippen LogP contribution in [0.4, 0.5) is 5.13 Å². The first-order chi connectivity index (χ1) is 11.4. The van der Waals surface area contributed by atoms with Crippen molar-refractivity contribution in [2.75, 3.05) is 16.4 Å². The predicted molar refractivity (Wildman–Crippen MR) is 94.4 cm³/mol. The van der Waals surface area contributed by atoms with Crippen LogP contribution >= 0.6 is 22.9 Å². The highest BCUT2D eigenvalue weighted by molar-refractivity contribution is 7.91. The highest BCUT2D eigenvalue weighted by Crippen LogP contribution is 2.39. The maximum absolute atomic E-state index is 12.3. The van der Waals surface area contributed by atoms with Gasteiger partial charge in [-0.3, -0.25) is 9.69 Å². The van der Waals surface area contributed by atoms with Crippen molar-refractivity contribution in [1.29, 1.82) is 0 Å². The van der Waals surface area contributed by atoms with Crippen LogP contribution in [0.3, 0.4) is 0 Å². The number of carbonyl (C=O) groups is 1. The normalized spacial score (nSPS) is 25.2. The van der Waals surface area contributed by atoms with Crippen LogP contribution < -0.4 is 4.90 Å². The van der Waals surface area contributed by atoms with E-state index in [0.29, 0.717) is 23.0 Å². The summed E-state index contributed by atoms with van der Waals surface area (Å²) in [6.45, 7) is 0. The molecule has 8 heteroatoms. The van der Waals surface area contributed by atoms with Crippen molar-refractivity contribution < 1.29 is 13.2 Å². The van der Waals surface area contributed by atoms with Gasteiger partial charge in [0.1, 0.15) is 0 Å². The van der Waals surface area contributed by atoms with Crippen molar-refractivity contribution >= 4 is 43.8 Å². The van der Waals surface area contributed by atoms with Crippen LogP contribution in [-0.4, -0.2) is 36.9 Å². The zero-order valence-electron chi connectivity index (χ0n) is 12.7. The Morgan fingerprint density at radius 1 is 1.29 bits per heavy atom. The van der Waals surface area contributed by atoms with Gasteiger partial charge in [-0.2, -0.15) is 0 Å². The van der Waals surface area contributed by atoms with Crippen molar-refractivity contribution in [2.45, 2.75) is 18.9 Å². The van der Waals surface area contributed by atoms with Gasteiger partial charge in [0.15, 0.2) is 15.0 Å². The monoisotopic (exact) mass is 382 g/mol. The van der Waals surface area contributed by atoms with E-state index in [1.165, 1.54) is 11.3 Å². The molecule has 24 heavy (non-hydrogen) atoms. The average Bonchev–Trinajstić information content (AvgIpc) is 3.14. The Balaban J connectivity index is 1.59. The van der Waals surface area contributed by atoms with Crippen molar-refractivity contribution in [3.05, 3.63) is 45.9 Å². The Bertz CT molecular complexity index is 910. The van der Waals surface area contributed by atoms with Gasteiger partial charge in [0.25, 0.3) is 0 Å². The summed E-state index contributed by atoms with van der Waals surface area (Å²) in [5, 5.41) is 1.29. The molecule has 3 heterocycles. The first kappa shape index (κ1) is 16.1. The number of hydrogen-bond acceptors (Lipinski definition) is 5. The second-order valence-electron chi connectivity index (χ2n) is 6.25. The number of carbonyl (C=O) groups excluding carboxylic acids is 1. The molecular formula is C16H15ClN2O3S2. The Kier molecular flexibility index (Phi) is 3.89. The molecule has 0 bridgehead atoms. The fraction of sp³-hybridized carbons (Fsp3) is 0.375. The second-order valence-corrected chi connectivity index (χ2v) is 9.90. The van der Waals surface area contributed by atoms with Gasteiger partial charge in [-0.15, -0.1) is 11.3 Å². The lowest BCUT2D eigenvalue weighted by Gasteiger charge is -2.19. The van der Waals surface area contributed by atoms with Crippen LogP contribution in [0.2, 0.25) is 5.02 Å². The number of rotatable bonds is 3. The van der Waals surface area contributed by atoms with Gasteiger partial charge < -0.3 is 0 Å². The molecule has 2 aliphatic heterocycles. The molecule has 0 N–H and O–H groups in total. The maximum Gasteiger partial charge on any atom is 0.229 e. The number of nitrogens with zero attached hydrogens (tertiary/aromatic N) is 2. The number of benzene rings is 1. The van der Waals surface area contributed by atoms with Gasteiger partial charge in [-0.1, -0.05) is 29.8 Å². The number of anilines is 1. The molecule has 1 aromatic carbocycles. The number of sulfone groups is 1. The first-order valence-corrected chi connectivity index (χ1v) is 10.6. The average molecular weight is 383 g/mol. The molecule has 0 spiro atoms. The lowest BCUT2D eigenvalue weighted by molar-refractivity contribution is -0.117. The molecule has 0 radical (unpaired) electrons. The van der Waals surface area contributed by atoms with E-state index in [2.05, 4.69) is 4.98 Å². The van der Waals surface area contributed by atoms with Crippen molar-refractivity contribution in [3.63, 3.8) is 0 Å². The fourth-order valence-electron chi connectivity index (χ4n) is 3.46. The highest BCUT2D eigenvalue weighted by atomic mass is 35.5. The molecule has 1 amide bonds. The van der Waals surface area contributed by atoms with E-state index in [4.69, 9.17) is 11.6 Å². The number of halogens is 1. The van der Waals surface area contributed by atoms with E-state index in [1.807, 2.05) is 24.3 Å². The van der Waals surface area contributed by atoms with Crippen LogP contribution in [0.5, 0.6) is 0 Å². The van der Waals surface area contributed by atoms with E-state index in [1.54, 1.807) is 11.1 Å². The summed E-state index contributed by atoms with van der Waals surface area (Å²) in [4.78, 5) is 19.3. The zero-order valence-corrected chi connectivity index (χ0v) is 15.1. The Hall–Kier alpha value is -1.44. The number of thiazole rings is 1. The Labute approximate surface area is 149 Å². The lowest BCUT2D eigenvalue weighted by Crippen LogP contribution is -2.36. The number of fused-ring (bicyclic) bond motifs is 1. The molecule has 126 valence electrons. The van der Waals surface area contributed by atoms with Gasteiger partial charge >= 0.3 is 0 Å². The van der Waals surface area contributed by atoms with Crippen molar-refractivity contribution in [2.24, 2.45) is 5.92 Å². The molecule has 2 aromatic rings. The topological polar surface area (TPSA) is 67.3 Å². The molecule has 4 rings (SSSR count). The predicted octanol–water partition coefficient (Wildman–Crippen LogP) is 2.54. The first-order valence-electron chi connectivity index (χ1n) is 7.63. The van der Waals surface area contributed by atoms with E-state index < -0.39 is 9.84 Å². The largest absolute Gasteiger partial charge is 0.284 e. The SMILES string of the molecule is O=C1CC2CS(=O)(=O)CC2N1c1ncc(Cc2ccccc2Cl)s1. The molecule has 2 aliphatic rings. The maximum atomic E-state index is 12.3. The van der Waals surface area contributed by atoms with Crippen LogP contribution in [0, 0.1) is 5.92 Å². The van der Waals surface area contributed by atoms with E-state index >= 15 is 0 Å². The van der Waals surface area contributed by atoms with Gasteiger partial charge in [-0.25, -0.2) is 13.4 Å². The van der Waals surface area contributed by atoms with E-state index in [-0.39, 0.29) is 29.4 Å². The minimum absolute atomic E-state index is 0.0291. The minimum atomic E-state index is -3.05. The van der Waals surface area contributed by atoms with Gasteiger partial charge in [-0.05, 0) is 11.6 Å². The standard InChI is InChI=1S/C16H15ClN2O3S2/c17-13-4-2-1-3-10(13)5-12-7-18-16(23-12)19-14-9-24(21,22)8-11(14)6-15(19)20/h1-4,7,11,14H,5-6,8-9H2. The third-order valence-corrected chi connectivity index (χ3v) is 7.69. The van der Waals surface area contributed by atoms with Crippen molar-refractivity contribution in [3.8, 4) is 0 Å². The summed E-state index contributed by atoms with van der Waals surface area (Å²) >= 11 is 7.62. The van der Waals surface area contributed by atoms with Crippen LogP contribution in [0.15, 0.2) is 30.5 Å². The van der Waals surface area contributed by atoms with Crippen molar-refractivity contribution in [1.82, 2.24) is 4.98 Å². The molecular weight excluding hydrogens is 368 g/mol. The smallest absolute Gasteiger partial charge is 0.229 e. The van der Waals surface area contributed by atoms with Crippen LogP contribution in [0.25, 0.3) is 0 Å². The van der Waals surface area contributed by atoms with Crippen LogP contribution in [-0.2, 0) is 21.1 Å². The van der Waals surface area contributed by atoms with E-state index in [0.717, 1.165) is 10.4 Å². The molecule has 2 saturated heterocycles. The van der Waals surface area contributed by atoms with Gasteiger partial charge in [0.2, 0.25) is 5.91 Å². The summed E-state index contributed by atoms with van der Waals surface area (Å²) in [6, 6.07) is 7.36. The second kappa shape index (κ2) is 5.82. The summed E-state index contributed by atoms with van der Waals surface area (Å²) in [5.41, 5.74) is 1.00. The minimum Gasteiger partial charge on any atom is -0.284 e. The summed E-state index contributed by atoms with van der Waals surface area (Å²) in [6.07, 6.45) is 2.68. The summed E-state index contributed by atoms with van der Waals surface area (Å²) in [5.74, 6) is 0.0256. The molecule has 2 unspecified atom stereocenters.